The zero-order valence-corrected chi connectivity index (χ0v) is 18.8. The quantitative estimate of drug-likeness (QED) is 0.591. The van der Waals surface area contributed by atoms with Gasteiger partial charge in [0.05, 0.1) is 5.02 Å². The second-order valence-corrected chi connectivity index (χ2v) is 8.04. The Hall–Kier alpha value is -1.57. The number of benzene rings is 2. The molecule has 27 heavy (non-hydrogen) atoms. The minimum absolute atomic E-state index is 0.223. The molecule has 0 unspecified atom stereocenters. The number of nitrogens with zero attached hydrogens (tertiary/aromatic N) is 1. The first kappa shape index (κ1) is 21.7. The average molecular weight is 519 g/mol. The maximum Gasteiger partial charge on any atom is 0.261 e. The van der Waals surface area contributed by atoms with E-state index < -0.39 is 6.04 Å². The van der Waals surface area contributed by atoms with Crippen molar-refractivity contribution < 1.29 is 14.3 Å². The van der Waals surface area contributed by atoms with Gasteiger partial charge in [-0.1, -0.05) is 55.6 Å². The second kappa shape index (κ2) is 10.1. The van der Waals surface area contributed by atoms with Crippen LogP contribution in [0.3, 0.4) is 0 Å². The van der Waals surface area contributed by atoms with Crippen LogP contribution in [0.2, 0.25) is 5.02 Å². The lowest BCUT2D eigenvalue weighted by atomic mass is 10.1. The topological polar surface area (TPSA) is 58.6 Å². The van der Waals surface area contributed by atoms with Gasteiger partial charge < -0.3 is 15.0 Å². The highest BCUT2D eigenvalue weighted by Crippen LogP contribution is 2.27. The standard InChI is InChI=1S/C19H19Br2ClN2O3/c1-12(19(26)23-2)24(10-13-3-5-14(20)6-4-13)18(25)11-27-17-8-7-15(21)9-16(17)22/h3-9,12H,10-11H2,1-2H3,(H,23,26)/t12-/m0/s1. The molecule has 0 bridgehead atoms. The summed E-state index contributed by atoms with van der Waals surface area (Å²) in [6.45, 7) is 1.75. The number of hydrogen-bond donors (Lipinski definition) is 1. The minimum atomic E-state index is -0.643. The zero-order chi connectivity index (χ0) is 20.0. The third-order valence-corrected chi connectivity index (χ3v) is 5.24. The van der Waals surface area contributed by atoms with Crippen LogP contribution in [-0.2, 0) is 16.1 Å². The Morgan fingerprint density at radius 1 is 1.15 bits per heavy atom. The Bertz CT molecular complexity index is 815. The molecule has 2 aromatic rings. The van der Waals surface area contributed by atoms with Crippen LogP contribution in [0.5, 0.6) is 5.75 Å². The molecule has 144 valence electrons. The number of hydrogen-bond acceptors (Lipinski definition) is 3. The average Bonchev–Trinajstić information content (AvgIpc) is 2.65. The van der Waals surface area contributed by atoms with E-state index in [9.17, 15) is 9.59 Å². The Morgan fingerprint density at radius 3 is 2.37 bits per heavy atom. The molecular weight excluding hydrogens is 499 g/mol. The molecule has 5 nitrogen and oxygen atoms in total. The smallest absolute Gasteiger partial charge is 0.261 e. The van der Waals surface area contributed by atoms with Crippen molar-refractivity contribution in [1.29, 1.82) is 0 Å². The van der Waals surface area contributed by atoms with Gasteiger partial charge in [-0.3, -0.25) is 9.59 Å². The van der Waals surface area contributed by atoms with Crippen LogP contribution >= 0.6 is 43.5 Å². The molecule has 0 aliphatic rings. The summed E-state index contributed by atoms with van der Waals surface area (Å²) < 4.78 is 7.33. The molecule has 0 radical (unpaired) electrons. The summed E-state index contributed by atoms with van der Waals surface area (Å²) in [5.74, 6) is -0.153. The Balaban J connectivity index is 2.14. The number of rotatable bonds is 7. The van der Waals surface area contributed by atoms with Crippen molar-refractivity contribution >= 4 is 55.3 Å². The van der Waals surface area contributed by atoms with E-state index in [0.717, 1.165) is 14.5 Å². The van der Waals surface area contributed by atoms with Gasteiger partial charge in [-0.05, 0) is 42.8 Å². The van der Waals surface area contributed by atoms with E-state index >= 15 is 0 Å². The van der Waals surface area contributed by atoms with Gasteiger partial charge in [0.25, 0.3) is 5.91 Å². The third-order valence-electron chi connectivity index (χ3n) is 3.92. The van der Waals surface area contributed by atoms with Crippen molar-refractivity contribution in [1.82, 2.24) is 10.2 Å². The highest BCUT2D eigenvalue weighted by molar-refractivity contribution is 9.10. The van der Waals surface area contributed by atoms with E-state index in [1.165, 1.54) is 4.90 Å². The van der Waals surface area contributed by atoms with E-state index in [1.54, 1.807) is 32.2 Å². The molecule has 0 aromatic heterocycles. The number of nitrogens with one attached hydrogen (secondary N) is 1. The van der Waals surface area contributed by atoms with Gasteiger partial charge >= 0.3 is 0 Å². The molecule has 0 saturated carbocycles. The maximum absolute atomic E-state index is 12.8. The van der Waals surface area contributed by atoms with Crippen LogP contribution in [0, 0.1) is 0 Å². The molecule has 2 rings (SSSR count). The molecule has 0 fully saturated rings. The van der Waals surface area contributed by atoms with Crippen LogP contribution in [0.4, 0.5) is 0 Å². The summed E-state index contributed by atoms with van der Waals surface area (Å²) in [5.41, 5.74) is 0.906. The van der Waals surface area contributed by atoms with Crippen LogP contribution in [0.15, 0.2) is 51.4 Å². The van der Waals surface area contributed by atoms with Crippen molar-refractivity contribution in [3.63, 3.8) is 0 Å². The van der Waals surface area contributed by atoms with Gasteiger partial charge in [-0.2, -0.15) is 0 Å². The van der Waals surface area contributed by atoms with Crippen LogP contribution in [0.1, 0.15) is 12.5 Å². The molecular formula is C19H19Br2ClN2O3. The molecule has 0 heterocycles. The minimum Gasteiger partial charge on any atom is -0.482 e. The van der Waals surface area contributed by atoms with Gasteiger partial charge in [0.2, 0.25) is 5.91 Å². The normalized spacial score (nSPS) is 11.6. The number of halogens is 3. The molecule has 2 aromatic carbocycles. The molecule has 1 atom stereocenters. The van der Waals surface area contributed by atoms with E-state index in [0.29, 0.717) is 10.8 Å². The number of carbonyl (C=O) groups is 2. The number of carbonyl (C=O) groups excluding carboxylic acids is 2. The highest BCUT2D eigenvalue weighted by atomic mass is 79.9. The van der Waals surface area contributed by atoms with Gasteiger partial charge in [0.1, 0.15) is 11.8 Å². The first-order valence-electron chi connectivity index (χ1n) is 8.15. The Labute approximate surface area is 180 Å². The summed E-state index contributed by atoms with van der Waals surface area (Å²) >= 11 is 12.8. The fourth-order valence-electron chi connectivity index (χ4n) is 2.39. The highest BCUT2D eigenvalue weighted by Gasteiger charge is 2.26. The molecule has 0 spiro atoms. The van der Waals surface area contributed by atoms with Crippen molar-refractivity contribution in [2.45, 2.75) is 19.5 Å². The third kappa shape index (κ3) is 6.23. The van der Waals surface area contributed by atoms with Gasteiger partial charge in [-0.15, -0.1) is 0 Å². The number of likely N-dealkylation sites (N-methyl/N-ethyl adjacent to an activating group) is 1. The molecule has 0 saturated heterocycles. The van der Waals surface area contributed by atoms with Crippen LogP contribution in [-0.4, -0.2) is 36.4 Å². The first-order chi connectivity index (χ1) is 12.8. The summed E-state index contributed by atoms with van der Waals surface area (Å²) in [6, 6.07) is 12.1. The second-order valence-electron chi connectivity index (χ2n) is 5.80. The van der Waals surface area contributed by atoms with Crippen molar-refractivity contribution in [3.05, 3.63) is 62.0 Å². The number of ether oxygens (including phenoxy) is 1. The molecule has 8 heteroatoms. The van der Waals surface area contributed by atoms with E-state index in [4.69, 9.17) is 16.3 Å². The molecule has 2 amide bonds. The zero-order valence-electron chi connectivity index (χ0n) is 14.8. The monoisotopic (exact) mass is 516 g/mol. The number of amides is 2. The Morgan fingerprint density at radius 2 is 1.78 bits per heavy atom. The summed E-state index contributed by atoms with van der Waals surface area (Å²) in [4.78, 5) is 26.4. The lowest BCUT2D eigenvalue weighted by Gasteiger charge is -2.28. The van der Waals surface area contributed by atoms with Crippen LogP contribution < -0.4 is 10.1 Å². The maximum atomic E-state index is 12.8. The lowest BCUT2D eigenvalue weighted by molar-refractivity contribution is -0.142. The summed E-state index contributed by atoms with van der Waals surface area (Å²) in [6.07, 6.45) is 0. The molecule has 1 N–H and O–H groups in total. The largest absolute Gasteiger partial charge is 0.482 e. The molecule has 0 aliphatic heterocycles. The predicted octanol–water partition coefficient (Wildman–Crippen LogP) is 4.41. The SMILES string of the molecule is CNC(=O)[C@H](C)N(Cc1ccc(Br)cc1)C(=O)COc1ccc(Br)cc1Cl. The fourth-order valence-corrected chi connectivity index (χ4v) is 3.39. The van der Waals surface area contributed by atoms with Crippen molar-refractivity contribution in [3.8, 4) is 5.75 Å². The van der Waals surface area contributed by atoms with Gasteiger partial charge in [0, 0.05) is 22.5 Å². The van der Waals surface area contributed by atoms with E-state index in [2.05, 4.69) is 37.2 Å². The summed E-state index contributed by atoms with van der Waals surface area (Å²) in [5, 5.41) is 2.98. The van der Waals surface area contributed by atoms with E-state index in [-0.39, 0.29) is 25.0 Å². The van der Waals surface area contributed by atoms with E-state index in [1.807, 2.05) is 24.3 Å². The lowest BCUT2D eigenvalue weighted by Crippen LogP contribution is -2.48. The van der Waals surface area contributed by atoms with Gasteiger partial charge in [-0.25, -0.2) is 0 Å². The predicted molar refractivity (Wildman–Crippen MR) is 113 cm³/mol. The van der Waals surface area contributed by atoms with Crippen LogP contribution in [0.25, 0.3) is 0 Å². The van der Waals surface area contributed by atoms with Gasteiger partial charge in [0.15, 0.2) is 6.61 Å². The first-order valence-corrected chi connectivity index (χ1v) is 10.1. The summed E-state index contributed by atoms with van der Waals surface area (Å²) in [7, 11) is 1.54. The Kier molecular flexibility index (Phi) is 8.13. The fraction of sp³-hybridized carbons (Fsp3) is 0.263. The van der Waals surface area contributed by atoms with Crippen molar-refractivity contribution in [2.24, 2.45) is 0 Å². The van der Waals surface area contributed by atoms with Crippen molar-refractivity contribution in [2.75, 3.05) is 13.7 Å². The molecule has 0 aliphatic carbocycles.